The number of benzene rings is 1. The van der Waals surface area contributed by atoms with E-state index < -0.39 is 11.8 Å². The monoisotopic (exact) mass is 448 g/mol. The molecule has 0 unspecified atom stereocenters. The minimum atomic E-state index is -0.499. The molecule has 0 aliphatic rings. The number of aromatic nitrogens is 2. The van der Waals surface area contributed by atoms with Gasteiger partial charge in [0.25, 0.3) is 11.8 Å². The summed E-state index contributed by atoms with van der Waals surface area (Å²) in [5.74, 6) is 1.11. The van der Waals surface area contributed by atoms with Gasteiger partial charge >= 0.3 is 0 Å². The zero-order valence-electron chi connectivity index (χ0n) is 18.5. The lowest BCUT2D eigenvalue weighted by Gasteiger charge is -2.10. The van der Waals surface area contributed by atoms with E-state index in [9.17, 15) is 9.59 Å². The lowest BCUT2D eigenvalue weighted by molar-refractivity contribution is 0.0939. The van der Waals surface area contributed by atoms with E-state index in [1.807, 2.05) is 32.0 Å². The fourth-order valence-electron chi connectivity index (χ4n) is 3.39. The first kappa shape index (κ1) is 21.9. The van der Waals surface area contributed by atoms with Gasteiger partial charge in [-0.2, -0.15) is 5.10 Å². The summed E-state index contributed by atoms with van der Waals surface area (Å²) in [7, 11) is 1.62. The van der Waals surface area contributed by atoms with Crippen LogP contribution >= 0.6 is 0 Å². The van der Waals surface area contributed by atoms with Gasteiger partial charge in [0.15, 0.2) is 5.76 Å². The number of hydrogen-bond donors (Lipinski definition) is 2. The molecule has 0 spiro atoms. The van der Waals surface area contributed by atoms with Crippen LogP contribution in [0.15, 0.2) is 63.8 Å². The Balaban J connectivity index is 1.40. The third kappa shape index (κ3) is 4.98. The van der Waals surface area contributed by atoms with E-state index in [-0.39, 0.29) is 30.3 Å². The van der Waals surface area contributed by atoms with E-state index in [4.69, 9.17) is 13.6 Å². The molecule has 1 aromatic carbocycles. The van der Waals surface area contributed by atoms with Gasteiger partial charge in [0, 0.05) is 7.05 Å². The third-order valence-electron chi connectivity index (χ3n) is 5.06. The van der Waals surface area contributed by atoms with Crippen LogP contribution < -0.4 is 15.4 Å². The molecule has 33 heavy (non-hydrogen) atoms. The summed E-state index contributed by atoms with van der Waals surface area (Å²) >= 11 is 0. The maximum Gasteiger partial charge on any atom is 0.291 e. The summed E-state index contributed by atoms with van der Waals surface area (Å²) in [5.41, 5.74) is 2.52. The van der Waals surface area contributed by atoms with Gasteiger partial charge in [-0.25, -0.2) is 0 Å². The zero-order chi connectivity index (χ0) is 23.4. The molecule has 0 aliphatic heterocycles. The van der Waals surface area contributed by atoms with Crippen LogP contribution in [0.4, 0.5) is 5.69 Å². The maximum absolute atomic E-state index is 12.7. The Morgan fingerprint density at radius 2 is 1.82 bits per heavy atom. The maximum atomic E-state index is 12.7. The summed E-state index contributed by atoms with van der Waals surface area (Å²) in [6, 6.07) is 12.7. The lowest BCUT2D eigenvalue weighted by Crippen LogP contribution is -2.26. The van der Waals surface area contributed by atoms with Crippen molar-refractivity contribution in [2.75, 3.05) is 5.32 Å². The number of carbonyl (C=O) groups is 2. The molecule has 0 aliphatic carbocycles. The Labute approximate surface area is 190 Å². The number of hydrogen-bond acceptors (Lipinski definition) is 6. The number of aryl methyl sites for hydroxylation is 3. The Morgan fingerprint density at radius 1 is 1.03 bits per heavy atom. The molecule has 0 bridgehead atoms. The number of furan rings is 2. The zero-order valence-corrected chi connectivity index (χ0v) is 18.5. The van der Waals surface area contributed by atoms with Gasteiger partial charge in [-0.05, 0) is 49.2 Å². The van der Waals surface area contributed by atoms with E-state index in [0.29, 0.717) is 11.5 Å². The third-order valence-corrected chi connectivity index (χ3v) is 5.06. The normalized spacial score (nSPS) is 10.8. The summed E-state index contributed by atoms with van der Waals surface area (Å²) < 4.78 is 18.1. The number of nitrogens with zero attached hydrogens (tertiary/aromatic N) is 2. The van der Waals surface area contributed by atoms with Crippen LogP contribution in [0.5, 0.6) is 5.75 Å². The number of nitrogens with one attached hydrogen (secondary N) is 2. The highest BCUT2D eigenvalue weighted by molar-refractivity contribution is 6.07. The van der Waals surface area contributed by atoms with E-state index in [2.05, 4.69) is 15.7 Å². The number of amides is 2. The molecule has 9 heteroatoms. The van der Waals surface area contributed by atoms with Crippen molar-refractivity contribution in [1.29, 1.82) is 0 Å². The molecule has 9 nitrogen and oxygen atoms in total. The number of rotatable bonds is 8. The Bertz CT molecular complexity index is 1250. The second-order valence-electron chi connectivity index (χ2n) is 7.52. The van der Waals surface area contributed by atoms with E-state index in [1.54, 1.807) is 31.3 Å². The second kappa shape index (κ2) is 9.47. The molecule has 2 amide bonds. The summed E-state index contributed by atoms with van der Waals surface area (Å²) in [6.07, 6.45) is 2.94. The lowest BCUT2D eigenvalue weighted by atomic mass is 10.1. The van der Waals surface area contributed by atoms with Crippen LogP contribution in [-0.4, -0.2) is 21.6 Å². The molecule has 170 valence electrons. The number of para-hydroxylation sites is 1. The van der Waals surface area contributed by atoms with Gasteiger partial charge in [-0.3, -0.25) is 14.3 Å². The minimum Gasteiger partial charge on any atom is -0.485 e. The second-order valence-corrected chi connectivity index (χ2v) is 7.52. The van der Waals surface area contributed by atoms with E-state index in [0.717, 1.165) is 16.9 Å². The summed E-state index contributed by atoms with van der Waals surface area (Å²) in [5, 5.41) is 9.51. The smallest absolute Gasteiger partial charge is 0.291 e. The van der Waals surface area contributed by atoms with Gasteiger partial charge in [0.2, 0.25) is 0 Å². The van der Waals surface area contributed by atoms with E-state index >= 15 is 0 Å². The first-order chi connectivity index (χ1) is 15.9. The quantitative estimate of drug-likeness (QED) is 0.422. The van der Waals surface area contributed by atoms with Crippen LogP contribution in [0.1, 0.15) is 43.7 Å². The van der Waals surface area contributed by atoms with Crippen LogP contribution in [0.3, 0.4) is 0 Å². The fraction of sp³-hybridized carbons (Fsp3) is 0.208. The highest BCUT2D eigenvalue weighted by atomic mass is 16.5. The van der Waals surface area contributed by atoms with Crippen LogP contribution in [-0.2, 0) is 20.2 Å². The van der Waals surface area contributed by atoms with Gasteiger partial charge in [0.1, 0.15) is 29.6 Å². The first-order valence-electron chi connectivity index (χ1n) is 10.3. The molecular weight excluding hydrogens is 424 g/mol. The molecular formula is C24H24N4O5. The predicted molar refractivity (Wildman–Crippen MR) is 120 cm³/mol. The first-order valence-corrected chi connectivity index (χ1v) is 10.3. The van der Waals surface area contributed by atoms with Crippen molar-refractivity contribution in [2.45, 2.75) is 27.0 Å². The Hall–Kier alpha value is -4.27. The molecule has 0 atom stereocenters. The summed E-state index contributed by atoms with van der Waals surface area (Å²) in [4.78, 5) is 25.3. The highest BCUT2D eigenvalue weighted by Gasteiger charge is 2.21. The van der Waals surface area contributed by atoms with E-state index in [1.165, 1.54) is 17.1 Å². The van der Waals surface area contributed by atoms with Crippen molar-refractivity contribution < 1.29 is 23.2 Å². The average molecular weight is 448 g/mol. The molecule has 0 radical (unpaired) electrons. The molecule has 2 N–H and O–H groups in total. The Kier molecular flexibility index (Phi) is 6.30. The molecule has 4 rings (SSSR count). The van der Waals surface area contributed by atoms with Crippen molar-refractivity contribution in [2.24, 2.45) is 7.05 Å². The van der Waals surface area contributed by atoms with Gasteiger partial charge in [-0.15, -0.1) is 0 Å². The SMILES string of the molecule is Cc1cccc(C)c1OCc1ccc(C(=O)Nc2cnn(C)c2C(=O)NCc2ccco2)o1. The average Bonchev–Trinajstić information content (AvgIpc) is 3.53. The van der Waals surface area contributed by atoms with Gasteiger partial charge in [0.05, 0.1) is 24.7 Å². The fourth-order valence-corrected chi connectivity index (χ4v) is 3.39. The minimum absolute atomic E-state index is 0.0981. The van der Waals surface area contributed by atoms with Crippen molar-refractivity contribution in [3.05, 3.63) is 89.0 Å². The molecule has 0 saturated heterocycles. The molecule has 3 aromatic heterocycles. The number of anilines is 1. The summed E-state index contributed by atoms with van der Waals surface area (Å²) in [6.45, 7) is 4.35. The Morgan fingerprint density at radius 3 is 2.55 bits per heavy atom. The molecule has 0 fully saturated rings. The van der Waals surface area contributed by atoms with Gasteiger partial charge < -0.3 is 24.2 Å². The van der Waals surface area contributed by atoms with Crippen molar-refractivity contribution in [3.8, 4) is 5.75 Å². The molecule has 3 heterocycles. The largest absolute Gasteiger partial charge is 0.485 e. The molecule has 0 saturated carbocycles. The number of carbonyl (C=O) groups excluding carboxylic acids is 2. The highest BCUT2D eigenvalue weighted by Crippen LogP contribution is 2.24. The number of ether oxygens (including phenoxy) is 1. The van der Waals surface area contributed by atoms with Crippen LogP contribution in [0.2, 0.25) is 0 Å². The van der Waals surface area contributed by atoms with Crippen molar-refractivity contribution in [3.63, 3.8) is 0 Å². The van der Waals surface area contributed by atoms with Crippen molar-refractivity contribution >= 4 is 17.5 Å². The predicted octanol–water partition coefficient (Wildman–Crippen LogP) is 3.98. The topological polar surface area (TPSA) is 112 Å². The standard InChI is InChI=1S/C24H24N4O5/c1-15-6-4-7-16(2)22(15)32-14-18-9-10-20(33-18)23(29)27-19-13-26-28(3)21(19)24(30)25-12-17-8-5-11-31-17/h4-11,13H,12,14H2,1-3H3,(H,25,30)(H,27,29). The van der Waals surface area contributed by atoms with Crippen molar-refractivity contribution in [1.82, 2.24) is 15.1 Å². The molecule has 4 aromatic rings. The van der Waals surface area contributed by atoms with Gasteiger partial charge in [-0.1, -0.05) is 18.2 Å². The van der Waals surface area contributed by atoms with Crippen LogP contribution in [0, 0.1) is 13.8 Å². The van der Waals surface area contributed by atoms with Crippen LogP contribution in [0.25, 0.3) is 0 Å².